The van der Waals surface area contributed by atoms with Crippen molar-refractivity contribution >= 4 is 46.1 Å². The Balaban J connectivity index is 2.27. The highest BCUT2D eigenvalue weighted by atomic mass is 35.5. The molecule has 0 saturated carbocycles. The number of nitrogens with zero attached hydrogens (tertiary/aromatic N) is 2. The lowest BCUT2D eigenvalue weighted by molar-refractivity contribution is -0.0571. The molecule has 166 valence electrons. The Hall–Kier alpha value is -3.37. The summed E-state index contributed by atoms with van der Waals surface area (Å²) in [5.74, 6) is -3.59. The number of carboxylic acid groups (broad SMARTS) is 1. The van der Waals surface area contributed by atoms with E-state index in [2.05, 4.69) is 10.1 Å². The van der Waals surface area contributed by atoms with Crippen LogP contribution < -0.4 is 5.73 Å². The third kappa shape index (κ3) is 4.61. The molecule has 0 aliphatic heterocycles. The summed E-state index contributed by atoms with van der Waals surface area (Å²) >= 11 is 11.7. The molecule has 0 amide bonds. The Bertz CT molecular complexity index is 1230. The van der Waals surface area contributed by atoms with Gasteiger partial charge in [0.05, 0.1) is 21.8 Å². The van der Waals surface area contributed by atoms with E-state index in [0.717, 1.165) is 12.1 Å². The highest BCUT2D eigenvalue weighted by Crippen LogP contribution is 2.38. The van der Waals surface area contributed by atoms with E-state index in [1.807, 2.05) is 0 Å². The van der Waals surface area contributed by atoms with Crippen molar-refractivity contribution in [3.8, 4) is 11.3 Å². The van der Waals surface area contributed by atoms with E-state index in [9.17, 15) is 27.5 Å². The summed E-state index contributed by atoms with van der Waals surface area (Å²) < 4.78 is 60.8. The zero-order chi connectivity index (χ0) is 23.6. The molecule has 0 unspecified atom stereocenters. The minimum atomic E-state index is -5.09. The van der Waals surface area contributed by atoms with Gasteiger partial charge in [0.2, 0.25) is 0 Å². The lowest BCUT2D eigenvalue weighted by Crippen LogP contribution is -2.25. The molecule has 0 spiro atoms. The normalized spacial score (nSPS) is 12.8. The van der Waals surface area contributed by atoms with Crippen LogP contribution in [-0.2, 0) is 0 Å². The van der Waals surface area contributed by atoms with Crippen LogP contribution in [0.5, 0.6) is 0 Å². The van der Waals surface area contributed by atoms with E-state index in [1.54, 1.807) is 0 Å². The van der Waals surface area contributed by atoms with Crippen molar-refractivity contribution in [2.75, 3.05) is 0 Å². The quantitative estimate of drug-likeness (QED) is 0.333. The second kappa shape index (κ2) is 9.01. The first-order valence-electron chi connectivity index (χ1n) is 8.56. The van der Waals surface area contributed by atoms with Crippen molar-refractivity contribution in [2.45, 2.75) is 6.18 Å². The van der Waals surface area contributed by atoms with Crippen molar-refractivity contribution < 1.29 is 32.0 Å². The zero-order valence-corrected chi connectivity index (χ0v) is 17.1. The van der Waals surface area contributed by atoms with E-state index in [0.29, 0.717) is 6.20 Å². The average Bonchev–Trinajstić information content (AvgIpc) is 3.12. The van der Waals surface area contributed by atoms with Crippen LogP contribution in [-0.4, -0.2) is 28.1 Å². The van der Waals surface area contributed by atoms with E-state index in [1.165, 1.54) is 30.3 Å². The standard InChI is InChI=1S/C20H11Cl2F4N3O3/c21-9-3-1-4-10(7-9)28-18(20(24,25)26)11(8-27)17-15(19(30)31)16(29-32-17)14-12(22)5-2-6-13(14)23/h1-8H,27H2,(H,30,31). The molecule has 0 bridgehead atoms. The number of aromatic nitrogens is 1. The van der Waals surface area contributed by atoms with Gasteiger partial charge in [-0.1, -0.05) is 40.5 Å². The SMILES string of the molecule is NC=C(C(=Nc1cccc(Cl)c1)C(F)(F)F)c1onc(-c2c(F)cccc2Cl)c1C(=O)O. The number of benzene rings is 2. The smallest absolute Gasteiger partial charge is 0.434 e. The molecule has 0 aliphatic carbocycles. The van der Waals surface area contributed by atoms with Gasteiger partial charge in [0.25, 0.3) is 0 Å². The number of aliphatic imine (C=N–C) groups is 1. The Morgan fingerprint density at radius 3 is 2.44 bits per heavy atom. The molecule has 0 saturated heterocycles. The first-order valence-corrected chi connectivity index (χ1v) is 9.31. The summed E-state index contributed by atoms with van der Waals surface area (Å²) in [4.78, 5) is 15.5. The van der Waals surface area contributed by atoms with Crippen LogP contribution in [0.25, 0.3) is 16.8 Å². The summed E-state index contributed by atoms with van der Waals surface area (Å²) in [6, 6.07) is 8.68. The second-order valence-corrected chi connectivity index (χ2v) is 7.00. The fourth-order valence-electron chi connectivity index (χ4n) is 2.78. The summed E-state index contributed by atoms with van der Waals surface area (Å²) in [6.45, 7) is 0. The van der Waals surface area contributed by atoms with E-state index >= 15 is 0 Å². The number of allylic oxidation sites excluding steroid dienone is 1. The lowest BCUT2D eigenvalue weighted by Gasteiger charge is -2.13. The first kappa shape index (κ1) is 23.3. The van der Waals surface area contributed by atoms with Gasteiger partial charge >= 0.3 is 12.1 Å². The number of rotatable bonds is 5. The molecule has 2 aromatic carbocycles. The topological polar surface area (TPSA) is 102 Å². The third-order valence-electron chi connectivity index (χ3n) is 4.09. The highest BCUT2D eigenvalue weighted by Gasteiger charge is 2.42. The third-order valence-corrected chi connectivity index (χ3v) is 4.64. The van der Waals surface area contributed by atoms with E-state index in [-0.39, 0.29) is 15.7 Å². The van der Waals surface area contributed by atoms with Gasteiger partial charge in [0.15, 0.2) is 11.5 Å². The van der Waals surface area contributed by atoms with Crippen LogP contribution in [0.1, 0.15) is 16.1 Å². The molecule has 0 fully saturated rings. The van der Waals surface area contributed by atoms with Crippen LogP contribution in [0.3, 0.4) is 0 Å². The van der Waals surface area contributed by atoms with Crippen molar-refractivity contribution in [3.05, 3.63) is 75.9 Å². The monoisotopic (exact) mass is 487 g/mol. The molecular formula is C20H11Cl2F4N3O3. The number of hydrogen-bond acceptors (Lipinski definition) is 5. The predicted octanol–water partition coefficient (Wildman–Crippen LogP) is 6.12. The van der Waals surface area contributed by atoms with Gasteiger partial charge < -0.3 is 15.4 Å². The molecule has 1 aromatic heterocycles. The van der Waals surface area contributed by atoms with Gasteiger partial charge in [0.1, 0.15) is 17.1 Å². The van der Waals surface area contributed by atoms with Gasteiger partial charge in [0, 0.05) is 11.2 Å². The van der Waals surface area contributed by atoms with Crippen LogP contribution >= 0.6 is 23.2 Å². The molecule has 0 radical (unpaired) electrons. The van der Waals surface area contributed by atoms with Crippen molar-refractivity contribution in [1.29, 1.82) is 0 Å². The van der Waals surface area contributed by atoms with Gasteiger partial charge in [-0.3, -0.25) is 0 Å². The number of hydrogen-bond donors (Lipinski definition) is 2. The Kier molecular flexibility index (Phi) is 6.56. The van der Waals surface area contributed by atoms with Crippen LogP contribution in [0, 0.1) is 5.82 Å². The van der Waals surface area contributed by atoms with Gasteiger partial charge in [-0.05, 0) is 30.3 Å². The minimum Gasteiger partial charge on any atom is -0.477 e. The fraction of sp³-hybridized carbons (Fsp3) is 0.0500. The maximum Gasteiger partial charge on any atom is 0.434 e. The summed E-state index contributed by atoms with van der Waals surface area (Å²) in [5, 5.41) is 13.0. The zero-order valence-electron chi connectivity index (χ0n) is 15.6. The number of carboxylic acids is 1. The molecule has 0 atom stereocenters. The van der Waals surface area contributed by atoms with Gasteiger partial charge in [-0.15, -0.1) is 0 Å². The van der Waals surface area contributed by atoms with Crippen LogP contribution in [0.15, 0.2) is 58.2 Å². The van der Waals surface area contributed by atoms with Crippen LogP contribution in [0.2, 0.25) is 10.0 Å². The predicted molar refractivity (Wildman–Crippen MR) is 111 cm³/mol. The molecule has 3 rings (SSSR count). The molecule has 1 heterocycles. The molecule has 12 heteroatoms. The Labute approximate surface area is 187 Å². The highest BCUT2D eigenvalue weighted by molar-refractivity contribution is 6.34. The van der Waals surface area contributed by atoms with Gasteiger partial charge in [-0.2, -0.15) is 13.2 Å². The molecule has 3 N–H and O–H groups in total. The van der Waals surface area contributed by atoms with Crippen molar-refractivity contribution in [2.24, 2.45) is 10.7 Å². The average molecular weight is 488 g/mol. The maximum absolute atomic E-state index is 14.3. The first-order chi connectivity index (χ1) is 15.0. The van der Waals surface area contributed by atoms with E-state index in [4.69, 9.17) is 33.5 Å². The van der Waals surface area contributed by atoms with Crippen LogP contribution in [0.4, 0.5) is 23.2 Å². The number of alkyl halides is 3. The number of nitrogens with two attached hydrogens (primary N) is 1. The number of halogens is 6. The molecule has 3 aromatic rings. The number of carbonyl (C=O) groups is 1. The molecule has 32 heavy (non-hydrogen) atoms. The van der Waals surface area contributed by atoms with Crippen molar-refractivity contribution in [1.82, 2.24) is 5.16 Å². The van der Waals surface area contributed by atoms with E-state index < -0.39 is 51.8 Å². The Morgan fingerprint density at radius 2 is 1.88 bits per heavy atom. The molecular weight excluding hydrogens is 477 g/mol. The van der Waals surface area contributed by atoms with Gasteiger partial charge in [-0.25, -0.2) is 14.2 Å². The maximum atomic E-state index is 14.3. The minimum absolute atomic E-state index is 0.119. The second-order valence-electron chi connectivity index (χ2n) is 6.16. The molecule has 6 nitrogen and oxygen atoms in total. The Morgan fingerprint density at radius 1 is 1.19 bits per heavy atom. The molecule has 0 aliphatic rings. The summed E-state index contributed by atoms with van der Waals surface area (Å²) in [5.41, 5.74) is 0.774. The fourth-order valence-corrected chi connectivity index (χ4v) is 3.22. The largest absolute Gasteiger partial charge is 0.477 e. The number of aromatic carboxylic acids is 1. The summed E-state index contributed by atoms with van der Waals surface area (Å²) in [6.07, 6.45) is -4.62. The van der Waals surface area contributed by atoms with Crippen molar-refractivity contribution in [3.63, 3.8) is 0 Å². The lowest BCUT2D eigenvalue weighted by atomic mass is 9.99. The summed E-state index contributed by atoms with van der Waals surface area (Å²) in [7, 11) is 0.